The molecule has 0 unspecified atom stereocenters. The van der Waals surface area contributed by atoms with E-state index in [1.54, 1.807) is 11.1 Å². The quantitative estimate of drug-likeness (QED) is 0.231. The van der Waals surface area contributed by atoms with Gasteiger partial charge in [-0.2, -0.15) is 6.20 Å². The van der Waals surface area contributed by atoms with Crippen LogP contribution in [0.2, 0.25) is 0 Å². The van der Waals surface area contributed by atoms with Gasteiger partial charge in [0.05, 0.1) is 0 Å². The van der Waals surface area contributed by atoms with E-state index < -0.39 is 0 Å². The molecule has 5 aliphatic carbocycles. The largest absolute Gasteiger partial charge is 0.663 e. The van der Waals surface area contributed by atoms with Crippen LogP contribution in [0.1, 0.15) is 43.2 Å². The minimum atomic E-state index is 0. The zero-order valence-corrected chi connectivity index (χ0v) is 21.1. The van der Waals surface area contributed by atoms with Crippen molar-refractivity contribution >= 4 is 10.9 Å². The van der Waals surface area contributed by atoms with Crippen molar-refractivity contribution in [2.24, 2.45) is 23.7 Å². The number of hydrogen-bond acceptors (Lipinski definition) is 0. The molecule has 1 spiro atoms. The average molecular weight is 584 g/mol. The molecular formula is C30H26NW-. The SMILES string of the molecule is [W].c1ccc2c(c1)-c1c(-c3cccc4cc[n-]c34)cccc1C21C2CC3CC(C2)CC1C3. The van der Waals surface area contributed by atoms with Crippen molar-refractivity contribution in [3.8, 4) is 22.3 Å². The number of nitrogens with zero attached hydrogens (tertiary/aromatic N) is 1. The van der Waals surface area contributed by atoms with Crippen LogP contribution in [0.15, 0.2) is 72.9 Å². The topological polar surface area (TPSA) is 14.1 Å². The Morgan fingerprint density at radius 1 is 0.625 bits per heavy atom. The normalized spacial score (nSPS) is 31.0. The Hall–Kier alpha value is -2.11. The first-order valence-electron chi connectivity index (χ1n) is 12.1. The summed E-state index contributed by atoms with van der Waals surface area (Å²) in [5.74, 6) is 3.59. The van der Waals surface area contributed by atoms with Gasteiger partial charge >= 0.3 is 0 Å². The van der Waals surface area contributed by atoms with Crippen LogP contribution < -0.4 is 4.98 Å². The first-order valence-corrected chi connectivity index (χ1v) is 12.1. The van der Waals surface area contributed by atoms with Gasteiger partial charge in [0.2, 0.25) is 0 Å². The van der Waals surface area contributed by atoms with Crippen molar-refractivity contribution in [1.82, 2.24) is 4.98 Å². The van der Waals surface area contributed by atoms with Gasteiger partial charge < -0.3 is 4.98 Å². The number of aromatic nitrogens is 1. The fraction of sp³-hybridized carbons (Fsp3) is 0.333. The minimum Gasteiger partial charge on any atom is -0.663 e. The van der Waals surface area contributed by atoms with E-state index in [2.05, 4.69) is 66.7 Å². The first kappa shape index (κ1) is 19.4. The number of rotatable bonds is 1. The molecule has 4 bridgehead atoms. The summed E-state index contributed by atoms with van der Waals surface area (Å²) in [6.07, 6.45) is 9.19. The smallest absolute Gasteiger partial charge is 0.0272 e. The van der Waals surface area contributed by atoms with Gasteiger partial charge in [0, 0.05) is 26.5 Å². The molecule has 3 aromatic carbocycles. The molecule has 2 heteroatoms. The third-order valence-electron chi connectivity index (χ3n) is 9.39. The summed E-state index contributed by atoms with van der Waals surface area (Å²) in [4.78, 5) is 4.75. The molecule has 1 heterocycles. The molecule has 5 aliphatic rings. The molecule has 0 atom stereocenters. The van der Waals surface area contributed by atoms with Crippen LogP contribution in [-0.4, -0.2) is 0 Å². The van der Waals surface area contributed by atoms with Gasteiger partial charge in [-0.3, -0.25) is 0 Å². The van der Waals surface area contributed by atoms with Crippen LogP contribution >= 0.6 is 0 Å². The molecule has 9 rings (SSSR count). The van der Waals surface area contributed by atoms with E-state index in [1.807, 2.05) is 6.20 Å². The standard InChI is InChI=1S/C30H26N.W/c1-2-9-26-25(6-1)28-23(24-8-3-5-20-11-12-31-29(20)24)7-4-10-27(28)30(26)21-14-18-13-19(16-21)17-22(30)15-18;/h1-12,18-19,21-22H,13-17H2;/q-1;. The molecule has 0 N–H and O–H groups in total. The van der Waals surface area contributed by atoms with Crippen molar-refractivity contribution in [3.63, 3.8) is 0 Å². The third kappa shape index (κ3) is 2.24. The Balaban J connectivity index is 0.00000180. The summed E-state index contributed by atoms with van der Waals surface area (Å²) in [7, 11) is 0. The van der Waals surface area contributed by atoms with E-state index in [4.69, 9.17) is 4.98 Å². The van der Waals surface area contributed by atoms with E-state index >= 15 is 0 Å². The molecule has 0 saturated heterocycles. The van der Waals surface area contributed by atoms with Gasteiger partial charge in [-0.05, 0) is 94.5 Å². The van der Waals surface area contributed by atoms with Gasteiger partial charge in [-0.25, -0.2) is 0 Å². The zero-order chi connectivity index (χ0) is 20.2. The van der Waals surface area contributed by atoms with Crippen LogP contribution in [0.25, 0.3) is 33.2 Å². The molecule has 158 valence electrons. The van der Waals surface area contributed by atoms with Gasteiger partial charge in [0.1, 0.15) is 0 Å². The molecule has 4 aromatic rings. The second kappa shape index (κ2) is 6.70. The third-order valence-corrected chi connectivity index (χ3v) is 9.39. The summed E-state index contributed by atoms with van der Waals surface area (Å²) < 4.78 is 0. The molecular weight excluding hydrogens is 558 g/mol. The molecule has 0 radical (unpaired) electrons. The Morgan fingerprint density at radius 3 is 2.09 bits per heavy atom. The summed E-state index contributed by atoms with van der Waals surface area (Å²) >= 11 is 0. The van der Waals surface area contributed by atoms with Crippen molar-refractivity contribution < 1.29 is 21.1 Å². The molecule has 0 amide bonds. The van der Waals surface area contributed by atoms with E-state index in [0.29, 0.717) is 0 Å². The fourth-order valence-electron chi connectivity index (χ4n) is 8.68. The molecule has 1 aromatic heterocycles. The van der Waals surface area contributed by atoms with Gasteiger partial charge in [-0.15, -0.1) is 5.52 Å². The Labute approximate surface area is 203 Å². The number of benzene rings is 3. The molecule has 4 fully saturated rings. The van der Waals surface area contributed by atoms with Crippen molar-refractivity contribution in [1.29, 1.82) is 0 Å². The number of fused-ring (bicyclic) bond motifs is 4. The van der Waals surface area contributed by atoms with E-state index in [0.717, 1.165) is 29.2 Å². The monoisotopic (exact) mass is 584 g/mol. The van der Waals surface area contributed by atoms with Crippen LogP contribution in [0.4, 0.5) is 0 Å². The maximum atomic E-state index is 4.75. The molecule has 32 heavy (non-hydrogen) atoms. The van der Waals surface area contributed by atoms with Gasteiger partial charge in [0.15, 0.2) is 0 Å². The van der Waals surface area contributed by atoms with Crippen molar-refractivity contribution in [2.45, 2.75) is 37.5 Å². The van der Waals surface area contributed by atoms with E-state index in [1.165, 1.54) is 59.7 Å². The second-order valence-electron chi connectivity index (χ2n) is 10.6. The zero-order valence-electron chi connectivity index (χ0n) is 18.1. The molecule has 1 nitrogen and oxygen atoms in total. The average Bonchev–Trinajstić information content (AvgIpc) is 3.39. The van der Waals surface area contributed by atoms with Gasteiger partial charge in [0.25, 0.3) is 0 Å². The fourth-order valence-corrected chi connectivity index (χ4v) is 8.68. The predicted octanol–water partition coefficient (Wildman–Crippen LogP) is 7.18. The summed E-state index contributed by atoms with van der Waals surface area (Å²) in [5.41, 5.74) is 10.3. The Morgan fingerprint density at radius 2 is 1.28 bits per heavy atom. The summed E-state index contributed by atoms with van der Waals surface area (Å²) in [6, 6.07) is 25.3. The van der Waals surface area contributed by atoms with Crippen LogP contribution in [0, 0.1) is 23.7 Å². The maximum absolute atomic E-state index is 4.75. The first-order chi connectivity index (χ1) is 15.3. The van der Waals surface area contributed by atoms with Crippen molar-refractivity contribution in [2.75, 3.05) is 0 Å². The van der Waals surface area contributed by atoms with Gasteiger partial charge in [-0.1, -0.05) is 66.7 Å². The maximum Gasteiger partial charge on any atom is 0.0272 e. The Kier molecular flexibility index (Phi) is 4.06. The molecule has 0 aliphatic heterocycles. The summed E-state index contributed by atoms with van der Waals surface area (Å²) in [5, 5.41) is 1.24. The van der Waals surface area contributed by atoms with E-state index in [-0.39, 0.29) is 26.5 Å². The second-order valence-corrected chi connectivity index (χ2v) is 10.6. The number of hydrogen-bond donors (Lipinski definition) is 0. The molecule has 4 saturated carbocycles. The van der Waals surface area contributed by atoms with Crippen LogP contribution in [-0.2, 0) is 26.5 Å². The minimum absolute atomic E-state index is 0. The van der Waals surface area contributed by atoms with Crippen LogP contribution in [0.3, 0.4) is 0 Å². The van der Waals surface area contributed by atoms with Crippen LogP contribution in [0.5, 0.6) is 0 Å². The number of para-hydroxylation sites is 1. The Bertz CT molecular complexity index is 1330. The predicted molar refractivity (Wildman–Crippen MR) is 126 cm³/mol. The van der Waals surface area contributed by atoms with Crippen molar-refractivity contribution in [3.05, 3.63) is 84.1 Å². The van der Waals surface area contributed by atoms with E-state index in [9.17, 15) is 0 Å². The summed E-state index contributed by atoms with van der Waals surface area (Å²) in [6.45, 7) is 0.